The van der Waals surface area contributed by atoms with Crippen molar-refractivity contribution in [3.63, 3.8) is 0 Å². The third-order valence-electron chi connectivity index (χ3n) is 5.14. The Balaban J connectivity index is 1.60. The number of urea groups is 1. The minimum Gasteiger partial charge on any atom is -0.492 e. The number of nitrogens with zero attached hydrogens (tertiary/aromatic N) is 2. The van der Waals surface area contributed by atoms with Gasteiger partial charge in [0.05, 0.1) is 12.3 Å². The number of benzene rings is 2. The average molecular weight is 437 g/mol. The number of imide groups is 2. The molecule has 3 rings (SSSR count). The van der Waals surface area contributed by atoms with Crippen LogP contribution in [0.1, 0.15) is 37.8 Å². The highest BCUT2D eigenvalue weighted by Crippen LogP contribution is 2.31. The van der Waals surface area contributed by atoms with E-state index in [4.69, 9.17) is 4.74 Å². The van der Waals surface area contributed by atoms with E-state index in [1.165, 1.54) is 11.6 Å². The van der Waals surface area contributed by atoms with Gasteiger partial charge >= 0.3 is 17.8 Å². The number of hydrogen-bond donors (Lipinski definition) is 1. The molecule has 0 spiro atoms. The van der Waals surface area contributed by atoms with Crippen LogP contribution in [0.4, 0.5) is 10.5 Å². The Hall–Kier alpha value is -3.68. The van der Waals surface area contributed by atoms with Gasteiger partial charge in [-0.25, -0.2) is 14.6 Å². The van der Waals surface area contributed by atoms with Crippen LogP contribution in [0.15, 0.2) is 48.5 Å². The zero-order chi connectivity index (χ0) is 23.3. The fourth-order valence-corrected chi connectivity index (χ4v) is 3.39. The smallest absolute Gasteiger partial charge is 0.339 e. The number of nitrogens with one attached hydrogen (secondary N) is 1. The second-order valence-electron chi connectivity index (χ2n) is 7.71. The van der Waals surface area contributed by atoms with Crippen molar-refractivity contribution in [2.45, 2.75) is 33.1 Å². The molecule has 1 N–H and O–H groups in total. The Morgan fingerprint density at radius 3 is 2.34 bits per heavy atom. The fraction of sp³-hybridized carbons (Fsp3) is 0.333. The maximum absolute atomic E-state index is 12.8. The van der Waals surface area contributed by atoms with Crippen LogP contribution >= 0.6 is 0 Å². The zero-order valence-electron chi connectivity index (χ0n) is 18.5. The molecular formula is C24H27N3O5. The summed E-state index contributed by atoms with van der Waals surface area (Å²) in [5.74, 6) is -1.82. The Labute approximate surface area is 187 Å². The lowest BCUT2D eigenvalue weighted by molar-refractivity contribution is -0.140. The highest BCUT2D eigenvalue weighted by Gasteiger charge is 2.47. The highest BCUT2D eigenvalue weighted by atomic mass is 16.5. The van der Waals surface area contributed by atoms with E-state index < -0.39 is 30.3 Å². The van der Waals surface area contributed by atoms with Crippen molar-refractivity contribution in [3.8, 4) is 5.75 Å². The van der Waals surface area contributed by atoms with Gasteiger partial charge < -0.3 is 10.1 Å². The van der Waals surface area contributed by atoms with Crippen molar-refractivity contribution in [3.05, 3.63) is 59.7 Å². The Kier molecular flexibility index (Phi) is 7.25. The third-order valence-corrected chi connectivity index (χ3v) is 5.14. The summed E-state index contributed by atoms with van der Waals surface area (Å²) >= 11 is 0. The molecule has 0 atom stereocenters. The summed E-state index contributed by atoms with van der Waals surface area (Å²) in [5, 5.41) is 2.70. The van der Waals surface area contributed by atoms with Crippen LogP contribution in [0.3, 0.4) is 0 Å². The Bertz CT molecular complexity index is 1020. The minimum absolute atomic E-state index is 0.172. The molecule has 5 amide bonds. The van der Waals surface area contributed by atoms with E-state index in [0.717, 1.165) is 10.5 Å². The molecule has 8 nitrogen and oxygen atoms in total. The van der Waals surface area contributed by atoms with E-state index >= 15 is 0 Å². The lowest BCUT2D eigenvalue weighted by Crippen LogP contribution is -2.42. The first kappa shape index (κ1) is 23.0. The van der Waals surface area contributed by atoms with E-state index in [1.54, 1.807) is 25.1 Å². The van der Waals surface area contributed by atoms with E-state index in [2.05, 4.69) is 31.3 Å². The lowest BCUT2D eigenvalue weighted by atomic mass is 10.0. The first-order chi connectivity index (χ1) is 15.3. The summed E-state index contributed by atoms with van der Waals surface area (Å²) in [6.07, 6.45) is 0.610. The van der Waals surface area contributed by atoms with Gasteiger partial charge in [-0.3, -0.25) is 14.4 Å². The number of carbonyl (C=O) groups excluding carboxylic acids is 4. The van der Waals surface area contributed by atoms with E-state index in [9.17, 15) is 19.2 Å². The monoisotopic (exact) mass is 437 g/mol. The van der Waals surface area contributed by atoms with Crippen molar-refractivity contribution >= 4 is 29.4 Å². The highest BCUT2D eigenvalue weighted by molar-refractivity contribution is 6.53. The summed E-state index contributed by atoms with van der Waals surface area (Å²) in [4.78, 5) is 51.3. The average Bonchev–Trinajstić information content (AvgIpc) is 2.98. The fourth-order valence-electron chi connectivity index (χ4n) is 3.39. The predicted octanol–water partition coefficient (Wildman–Crippen LogP) is 2.86. The standard InChI is InChI=1S/C24H27N3O5/c1-4-32-20-8-6-5-7-19(20)27-23(30)22(29)26(24(27)31)15-21(28)25-14-13-17-9-11-18(12-10-17)16(2)3/h5-12,16H,4,13-15H2,1-3H3,(H,25,28). The molecule has 1 fully saturated rings. The van der Waals surface area contributed by atoms with E-state index in [-0.39, 0.29) is 5.69 Å². The van der Waals surface area contributed by atoms with Gasteiger partial charge in [-0.1, -0.05) is 50.2 Å². The summed E-state index contributed by atoms with van der Waals surface area (Å²) in [5.41, 5.74) is 2.48. The molecule has 8 heteroatoms. The van der Waals surface area contributed by atoms with Gasteiger partial charge in [0.2, 0.25) is 5.91 Å². The van der Waals surface area contributed by atoms with E-state index in [1.807, 2.05) is 12.1 Å². The molecule has 1 saturated heterocycles. The van der Waals surface area contributed by atoms with Crippen LogP contribution in [-0.2, 0) is 20.8 Å². The molecule has 1 heterocycles. The topological polar surface area (TPSA) is 96.0 Å². The molecule has 0 saturated carbocycles. The number of rotatable bonds is 9. The molecule has 0 aliphatic carbocycles. The predicted molar refractivity (Wildman–Crippen MR) is 119 cm³/mol. The maximum atomic E-state index is 12.8. The number of para-hydroxylation sites is 2. The Morgan fingerprint density at radius 2 is 1.69 bits per heavy atom. The quantitative estimate of drug-likeness (QED) is 0.481. The van der Waals surface area contributed by atoms with Gasteiger partial charge in [0.25, 0.3) is 0 Å². The van der Waals surface area contributed by atoms with Crippen LogP contribution in [-0.4, -0.2) is 48.3 Å². The van der Waals surface area contributed by atoms with Gasteiger partial charge in [0, 0.05) is 6.54 Å². The van der Waals surface area contributed by atoms with Crippen LogP contribution < -0.4 is 15.0 Å². The maximum Gasteiger partial charge on any atom is 0.339 e. The second-order valence-corrected chi connectivity index (χ2v) is 7.71. The molecule has 2 aromatic rings. The summed E-state index contributed by atoms with van der Waals surface area (Å²) in [6.45, 7) is 6.16. The number of anilines is 1. The van der Waals surface area contributed by atoms with Crippen molar-refractivity contribution in [2.75, 3.05) is 24.6 Å². The van der Waals surface area contributed by atoms with Gasteiger partial charge in [-0.2, -0.15) is 0 Å². The van der Waals surface area contributed by atoms with Gasteiger partial charge in [0.15, 0.2) is 0 Å². The third kappa shape index (κ3) is 4.96. The summed E-state index contributed by atoms with van der Waals surface area (Å²) in [7, 11) is 0. The van der Waals surface area contributed by atoms with Crippen LogP contribution in [0.2, 0.25) is 0 Å². The second kappa shape index (κ2) is 10.1. The van der Waals surface area contributed by atoms with Gasteiger partial charge in [-0.15, -0.1) is 0 Å². The molecule has 1 aliphatic rings. The molecule has 0 radical (unpaired) electrons. The SMILES string of the molecule is CCOc1ccccc1N1C(=O)C(=O)N(CC(=O)NCCc2ccc(C(C)C)cc2)C1=O. The zero-order valence-corrected chi connectivity index (χ0v) is 18.5. The normalized spacial score (nSPS) is 13.8. The van der Waals surface area contributed by atoms with E-state index in [0.29, 0.717) is 36.1 Å². The molecular weight excluding hydrogens is 410 g/mol. The Morgan fingerprint density at radius 1 is 1.00 bits per heavy atom. The molecule has 1 aliphatic heterocycles. The molecule has 0 bridgehead atoms. The molecule has 32 heavy (non-hydrogen) atoms. The van der Waals surface area contributed by atoms with Crippen LogP contribution in [0.25, 0.3) is 0 Å². The number of carbonyl (C=O) groups is 4. The summed E-state index contributed by atoms with van der Waals surface area (Å²) < 4.78 is 5.46. The molecule has 0 unspecified atom stereocenters. The van der Waals surface area contributed by atoms with Gasteiger partial charge in [-0.05, 0) is 42.5 Å². The molecule has 168 valence electrons. The van der Waals surface area contributed by atoms with Crippen LogP contribution in [0.5, 0.6) is 5.75 Å². The summed E-state index contributed by atoms with van der Waals surface area (Å²) in [6, 6.07) is 13.7. The number of ether oxygens (including phenoxy) is 1. The largest absolute Gasteiger partial charge is 0.492 e. The molecule has 2 aromatic carbocycles. The van der Waals surface area contributed by atoms with Crippen LogP contribution in [0, 0.1) is 0 Å². The first-order valence-electron chi connectivity index (χ1n) is 10.6. The first-order valence-corrected chi connectivity index (χ1v) is 10.6. The lowest BCUT2D eigenvalue weighted by Gasteiger charge is -2.18. The number of amides is 5. The molecule has 0 aromatic heterocycles. The van der Waals surface area contributed by atoms with Crippen molar-refractivity contribution < 1.29 is 23.9 Å². The minimum atomic E-state index is -1.04. The van der Waals surface area contributed by atoms with Gasteiger partial charge in [0.1, 0.15) is 12.3 Å². The van der Waals surface area contributed by atoms with Crippen molar-refractivity contribution in [2.24, 2.45) is 0 Å². The van der Waals surface area contributed by atoms with Crippen molar-refractivity contribution in [1.82, 2.24) is 10.2 Å². The van der Waals surface area contributed by atoms with Crippen molar-refractivity contribution in [1.29, 1.82) is 0 Å². The number of hydrogen-bond acceptors (Lipinski definition) is 5.